The number of benzene rings is 1. The van der Waals surface area contributed by atoms with Gasteiger partial charge in [0.25, 0.3) is 0 Å². The number of hydrazine groups is 1. The first-order valence-corrected chi connectivity index (χ1v) is 5.48. The van der Waals surface area contributed by atoms with Crippen LogP contribution in [0.1, 0.15) is 13.3 Å². The predicted octanol–water partition coefficient (Wildman–Crippen LogP) is 2.52. The number of nitrogens with one attached hydrogen (secondary N) is 1. The highest BCUT2D eigenvalue weighted by atomic mass is 35.5. The number of rotatable bonds is 6. The molecule has 1 unspecified atom stereocenters. The van der Waals surface area contributed by atoms with E-state index in [1.807, 2.05) is 19.1 Å². The summed E-state index contributed by atoms with van der Waals surface area (Å²) < 4.78 is 5.57. The topological polar surface area (TPSA) is 47.3 Å². The molecular weight excluding hydrogens is 224 g/mol. The maximum Gasteiger partial charge on any atom is 0.120 e. The second kappa shape index (κ2) is 6.53. The fourth-order valence-electron chi connectivity index (χ4n) is 1.34. The molecule has 16 heavy (non-hydrogen) atoms. The quantitative estimate of drug-likeness (QED) is 0.456. The summed E-state index contributed by atoms with van der Waals surface area (Å²) in [5.41, 5.74) is 3.77. The van der Waals surface area contributed by atoms with Gasteiger partial charge in [0.05, 0.1) is 6.04 Å². The van der Waals surface area contributed by atoms with Crippen LogP contribution in [0.4, 0.5) is 0 Å². The molecule has 0 heterocycles. The number of hydrogen-bond donors (Lipinski definition) is 2. The summed E-state index contributed by atoms with van der Waals surface area (Å²) in [6.45, 7) is 6.29. The number of nitrogens with two attached hydrogens (primary N) is 1. The Hall–Kier alpha value is -1.03. The van der Waals surface area contributed by atoms with Crippen LogP contribution in [0.25, 0.3) is 0 Å². The van der Waals surface area contributed by atoms with Crippen LogP contribution in [0, 0.1) is 0 Å². The zero-order valence-corrected chi connectivity index (χ0v) is 10.1. The van der Waals surface area contributed by atoms with Gasteiger partial charge in [-0.05, 0) is 31.5 Å². The first-order chi connectivity index (χ1) is 7.61. The lowest BCUT2D eigenvalue weighted by Gasteiger charge is -2.16. The van der Waals surface area contributed by atoms with Gasteiger partial charge in [-0.15, -0.1) is 6.58 Å². The molecule has 0 aliphatic carbocycles. The third-order valence-corrected chi connectivity index (χ3v) is 2.31. The highest BCUT2D eigenvalue weighted by Gasteiger charge is 2.07. The second-order valence-corrected chi connectivity index (χ2v) is 4.23. The van der Waals surface area contributed by atoms with Gasteiger partial charge in [0.15, 0.2) is 0 Å². The van der Waals surface area contributed by atoms with Crippen LogP contribution in [-0.4, -0.2) is 12.6 Å². The van der Waals surface area contributed by atoms with Gasteiger partial charge in [-0.3, -0.25) is 11.3 Å². The van der Waals surface area contributed by atoms with E-state index in [0.29, 0.717) is 11.6 Å². The van der Waals surface area contributed by atoms with Crippen LogP contribution in [0.15, 0.2) is 36.4 Å². The average molecular weight is 241 g/mol. The van der Waals surface area contributed by atoms with Crippen molar-refractivity contribution < 1.29 is 4.74 Å². The molecule has 0 saturated carbocycles. The highest BCUT2D eigenvalue weighted by Crippen LogP contribution is 2.17. The normalized spacial score (nSPS) is 12.2. The van der Waals surface area contributed by atoms with E-state index in [0.717, 1.165) is 17.7 Å². The van der Waals surface area contributed by atoms with Gasteiger partial charge in [-0.1, -0.05) is 23.2 Å². The van der Waals surface area contributed by atoms with E-state index in [9.17, 15) is 0 Å². The van der Waals surface area contributed by atoms with Crippen molar-refractivity contribution in [2.45, 2.75) is 19.4 Å². The molecular formula is C12H17ClN2O. The molecule has 0 aromatic heterocycles. The van der Waals surface area contributed by atoms with Crippen LogP contribution in [0.3, 0.4) is 0 Å². The smallest absolute Gasteiger partial charge is 0.120 e. The molecule has 0 bridgehead atoms. The Labute approximate surface area is 101 Å². The van der Waals surface area contributed by atoms with Gasteiger partial charge in [0, 0.05) is 5.02 Å². The maximum atomic E-state index is 5.84. The monoisotopic (exact) mass is 240 g/mol. The Bertz CT molecular complexity index is 355. The summed E-state index contributed by atoms with van der Waals surface area (Å²) in [4.78, 5) is 0. The van der Waals surface area contributed by atoms with Gasteiger partial charge in [0.2, 0.25) is 0 Å². The van der Waals surface area contributed by atoms with Crippen LogP contribution >= 0.6 is 11.6 Å². The lowest BCUT2D eigenvalue weighted by molar-refractivity contribution is 0.264. The standard InChI is InChI=1S/C12H17ClN2O/c1-9(2)6-11(15-14)8-16-12-5-3-4-10(13)7-12/h3-5,7,11,15H,1,6,8,14H2,2H3. The molecule has 3 nitrogen and oxygen atoms in total. The zero-order valence-electron chi connectivity index (χ0n) is 9.37. The minimum absolute atomic E-state index is 0.0662. The molecule has 0 amide bonds. The molecule has 4 heteroatoms. The van der Waals surface area contributed by atoms with Crippen LogP contribution in [0.2, 0.25) is 5.02 Å². The summed E-state index contributed by atoms with van der Waals surface area (Å²) >= 11 is 5.84. The minimum atomic E-state index is 0.0662. The molecule has 0 spiro atoms. The summed E-state index contributed by atoms with van der Waals surface area (Å²) in [5.74, 6) is 6.16. The predicted molar refractivity (Wildman–Crippen MR) is 67.5 cm³/mol. The number of halogens is 1. The first-order valence-electron chi connectivity index (χ1n) is 5.10. The third-order valence-electron chi connectivity index (χ3n) is 2.08. The first kappa shape index (κ1) is 13.0. The molecule has 0 fully saturated rings. The third kappa shape index (κ3) is 4.66. The fraction of sp³-hybridized carbons (Fsp3) is 0.333. The Morgan fingerprint density at radius 1 is 1.62 bits per heavy atom. The van der Waals surface area contributed by atoms with Crippen LogP contribution < -0.4 is 16.0 Å². The lowest BCUT2D eigenvalue weighted by Crippen LogP contribution is -2.39. The fourth-order valence-corrected chi connectivity index (χ4v) is 1.52. The lowest BCUT2D eigenvalue weighted by atomic mass is 10.1. The summed E-state index contributed by atoms with van der Waals surface area (Å²) in [6.07, 6.45) is 0.789. The van der Waals surface area contributed by atoms with Gasteiger partial charge >= 0.3 is 0 Å². The van der Waals surface area contributed by atoms with E-state index < -0.39 is 0 Å². The van der Waals surface area contributed by atoms with E-state index >= 15 is 0 Å². The average Bonchev–Trinajstić information content (AvgIpc) is 2.24. The molecule has 1 aromatic carbocycles. The molecule has 0 saturated heterocycles. The zero-order chi connectivity index (χ0) is 12.0. The second-order valence-electron chi connectivity index (χ2n) is 3.79. The Kier molecular flexibility index (Phi) is 5.32. The molecule has 1 aromatic rings. The van der Waals surface area contributed by atoms with Crippen molar-refractivity contribution in [2.24, 2.45) is 5.84 Å². The molecule has 88 valence electrons. The highest BCUT2D eigenvalue weighted by molar-refractivity contribution is 6.30. The van der Waals surface area contributed by atoms with Crippen molar-refractivity contribution in [2.75, 3.05) is 6.61 Å². The van der Waals surface area contributed by atoms with Gasteiger partial charge in [-0.2, -0.15) is 0 Å². The summed E-state index contributed by atoms with van der Waals surface area (Å²) in [6, 6.07) is 7.36. The molecule has 0 aliphatic heterocycles. The van der Waals surface area contributed by atoms with Crippen molar-refractivity contribution in [1.82, 2.24) is 5.43 Å². The van der Waals surface area contributed by atoms with Crippen molar-refractivity contribution in [1.29, 1.82) is 0 Å². The largest absolute Gasteiger partial charge is 0.492 e. The molecule has 1 atom stereocenters. The summed E-state index contributed by atoms with van der Waals surface area (Å²) in [7, 11) is 0. The van der Waals surface area contributed by atoms with Gasteiger partial charge in [0.1, 0.15) is 12.4 Å². The van der Waals surface area contributed by atoms with Gasteiger partial charge < -0.3 is 4.74 Å². The van der Waals surface area contributed by atoms with E-state index in [1.54, 1.807) is 12.1 Å². The van der Waals surface area contributed by atoms with E-state index in [-0.39, 0.29) is 6.04 Å². The van der Waals surface area contributed by atoms with Crippen molar-refractivity contribution >= 4 is 11.6 Å². The Morgan fingerprint density at radius 3 is 2.94 bits per heavy atom. The van der Waals surface area contributed by atoms with Gasteiger partial charge in [-0.25, -0.2) is 0 Å². The van der Waals surface area contributed by atoms with E-state index in [4.69, 9.17) is 22.2 Å². The Morgan fingerprint density at radius 2 is 2.38 bits per heavy atom. The van der Waals surface area contributed by atoms with Crippen molar-refractivity contribution in [3.63, 3.8) is 0 Å². The summed E-state index contributed by atoms with van der Waals surface area (Å²) in [5, 5.41) is 0.662. The van der Waals surface area contributed by atoms with Crippen LogP contribution in [0.5, 0.6) is 5.75 Å². The molecule has 1 rings (SSSR count). The Balaban J connectivity index is 2.46. The maximum absolute atomic E-state index is 5.84. The molecule has 0 radical (unpaired) electrons. The van der Waals surface area contributed by atoms with Crippen LogP contribution in [-0.2, 0) is 0 Å². The minimum Gasteiger partial charge on any atom is -0.492 e. The molecule has 0 aliphatic rings. The van der Waals surface area contributed by atoms with E-state index in [1.165, 1.54) is 0 Å². The number of ether oxygens (including phenoxy) is 1. The SMILES string of the molecule is C=C(C)CC(COc1cccc(Cl)c1)NN. The number of hydrogen-bond acceptors (Lipinski definition) is 3. The van der Waals surface area contributed by atoms with Crippen molar-refractivity contribution in [3.8, 4) is 5.75 Å². The van der Waals surface area contributed by atoms with E-state index in [2.05, 4.69) is 12.0 Å². The van der Waals surface area contributed by atoms with Crippen molar-refractivity contribution in [3.05, 3.63) is 41.4 Å². The molecule has 3 N–H and O–H groups in total.